The average molecular weight is 944 g/mol. The first-order valence-corrected chi connectivity index (χ1v) is 28.4. The van der Waals surface area contributed by atoms with Gasteiger partial charge < -0.3 is 50.5 Å². The van der Waals surface area contributed by atoms with E-state index in [9.17, 15) is 40.5 Å². The first-order chi connectivity index (χ1) is 32.2. The maximum absolute atomic E-state index is 13.2. The molecule has 0 saturated carbocycles. The molecule has 9 unspecified atom stereocenters. The molecule has 1 saturated heterocycles. The third kappa shape index (κ3) is 33.6. The van der Waals surface area contributed by atoms with Crippen LogP contribution in [-0.2, 0) is 14.3 Å². The van der Waals surface area contributed by atoms with E-state index in [2.05, 4.69) is 19.2 Å². The van der Waals surface area contributed by atoms with Gasteiger partial charge in [0.25, 0.3) is 0 Å². The number of aliphatic hydroxyl groups excluding tert-OH is 7. The second kappa shape index (κ2) is 45.3. The van der Waals surface area contributed by atoms with Gasteiger partial charge in [-0.2, -0.15) is 0 Å². The Balaban J connectivity index is 2.31. The van der Waals surface area contributed by atoms with E-state index < -0.39 is 74.2 Å². The van der Waals surface area contributed by atoms with Gasteiger partial charge >= 0.3 is 0 Å². The quantitative estimate of drug-likeness (QED) is 0.0273. The summed E-state index contributed by atoms with van der Waals surface area (Å²) in [6.45, 7) is 3.49. The molecule has 0 aromatic rings. The SMILES string of the molecule is CCCCCCCCCCCCCCCCCCCCCCCCCC(O)C(O)C(COC1OC(CO)C(O)C(O)C1O)NC(=O)C(O)CCCCCCCCCCCCCCCCCC. The largest absolute Gasteiger partial charge is 0.394 e. The van der Waals surface area contributed by atoms with Crippen LogP contribution in [0.5, 0.6) is 0 Å². The van der Waals surface area contributed by atoms with Crippen molar-refractivity contribution in [3.8, 4) is 0 Å². The summed E-state index contributed by atoms with van der Waals surface area (Å²) >= 11 is 0. The zero-order valence-electron chi connectivity index (χ0n) is 43.0. The van der Waals surface area contributed by atoms with Crippen LogP contribution in [0.1, 0.15) is 277 Å². The summed E-state index contributed by atoms with van der Waals surface area (Å²) in [5, 5.41) is 76.1. The second-order valence-corrected chi connectivity index (χ2v) is 20.4. The molecule has 1 aliphatic heterocycles. The number of aliphatic hydroxyl groups is 7. The van der Waals surface area contributed by atoms with Crippen molar-refractivity contribution in [3.05, 3.63) is 0 Å². The third-order valence-corrected chi connectivity index (χ3v) is 14.2. The number of hydrogen-bond donors (Lipinski definition) is 8. The zero-order chi connectivity index (χ0) is 48.3. The van der Waals surface area contributed by atoms with Crippen LogP contribution < -0.4 is 5.32 Å². The molecule has 8 N–H and O–H groups in total. The molecule has 1 amide bonds. The second-order valence-electron chi connectivity index (χ2n) is 20.4. The van der Waals surface area contributed by atoms with Gasteiger partial charge in [0.1, 0.15) is 36.6 Å². The molecule has 1 aliphatic rings. The van der Waals surface area contributed by atoms with E-state index in [0.29, 0.717) is 19.3 Å². The normalized spacial score (nSPS) is 20.7. The van der Waals surface area contributed by atoms with E-state index in [4.69, 9.17) is 9.47 Å². The molecule has 9 atom stereocenters. The first kappa shape index (κ1) is 63.1. The van der Waals surface area contributed by atoms with Gasteiger partial charge in [0, 0.05) is 0 Å². The fourth-order valence-electron chi connectivity index (χ4n) is 9.50. The average Bonchev–Trinajstić information content (AvgIpc) is 3.32. The van der Waals surface area contributed by atoms with Crippen molar-refractivity contribution in [1.82, 2.24) is 5.32 Å². The Labute approximate surface area is 405 Å². The van der Waals surface area contributed by atoms with Crippen LogP contribution in [0.15, 0.2) is 0 Å². The highest BCUT2D eigenvalue weighted by Crippen LogP contribution is 2.24. The minimum absolute atomic E-state index is 0.267. The summed E-state index contributed by atoms with van der Waals surface area (Å²) in [7, 11) is 0. The number of hydrogen-bond acceptors (Lipinski definition) is 10. The lowest BCUT2D eigenvalue weighted by atomic mass is 9.98. The Morgan fingerprint density at radius 3 is 1.12 bits per heavy atom. The maximum Gasteiger partial charge on any atom is 0.249 e. The summed E-state index contributed by atoms with van der Waals surface area (Å²) in [5.41, 5.74) is 0. The molecular formula is C55H109NO10. The van der Waals surface area contributed by atoms with Crippen molar-refractivity contribution in [1.29, 1.82) is 0 Å². The van der Waals surface area contributed by atoms with E-state index >= 15 is 0 Å². The molecular weight excluding hydrogens is 835 g/mol. The summed E-state index contributed by atoms with van der Waals surface area (Å²) in [6.07, 6.45) is 38.6. The molecule has 0 radical (unpaired) electrons. The smallest absolute Gasteiger partial charge is 0.249 e. The Hall–Kier alpha value is -0.890. The van der Waals surface area contributed by atoms with E-state index in [-0.39, 0.29) is 6.42 Å². The van der Waals surface area contributed by atoms with Crippen LogP contribution in [-0.4, -0.2) is 110 Å². The highest BCUT2D eigenvalue weighted by Gasteiger charge is 2.44. The van der Waals surface area contributed by atoms with Crippen molar-refractivity contribution in [2.24, 2.45) is 0 Å². The van der Waals surface area contributed by atoms with Crippen LogP contribution in [0.4, 0.5) is 0 Å². The number of carbonyl (C=O) groups excluding carboxylic acids is 1. The van der Waals surface area contributed by atoms with Crippen LogP contribution in [0, 0.1) is 0 Å². The molecule has 394 valence electrons. The van der Waals surface area contributed by atoms with Crippen LogP contribution in [0.25, 0.3) is 0 Å². The highest BCUT2D eigenvalue weighted by molar-refractivity contribution is 5.80. The Bertz CT molecular complexity index is 1040. The molecule has 66 heavy (non-hydrogen) atoms. The van der Waals surface area contributed by atoms with Gasteiger partial charge in [-0.15, -0.1) is 0 Å². The predicted octanol–water partition coefficient (Wildman–Crippen LogP) is 11.4. The fraction of sp³-hybridized carbons (Fsp3) is 0.982. The lowest BCUT2D eigenvalue weighted by Crippen LogP contribution is -2.60. The number of carbonyl (C=O) groups is 1. The van der Waals surface area contributed by atoms with Gasteiger partial charge in [-0.1, -0.05) is 264 Å². The van der Waals surface area contributed by atoms with Crippen molar-refractivity contribution >= 4 is 5.91 Å². The number of ether oxygens (including phenoxy) is 2. The predicted molar refractivity (Wildman–Crippen MR) is 270 cm³/mol. The van der Waals surface area contributed by atoms with Gasteiger partial charge in [-0.3, -0.25) is 4.79 Å². The third-order valence-electron chi connectivity index (χ3n) is 14.2. The summed E-state index contributed by atoms with van der Waals surface area (Å²) < 4.78 is 11.1. The number of nitrogens with one attached hydrogen (secondary N) is 1. The number of amides is 1. The Kier molecular flexibility index (Phi) is 43.3. The Morgan fingerprint density at radius 1 is 0.470 bits per heavy atom. The number of unbranched alkanes of at least 4 members (excludes halogenated alkanes) is 37. The molecule has 0 aromatic heterocycles. The molecule has 11 nitrogen and oxygen atoms in total. The molecule has 0 aromatic carbocycles. The van der Waals surface area contributed by atoms with E-state index in [1.54, 1.807) is 0 Å². The molecule has 0 spiro atoms. The standard InChI is InChI=1S/C55H109NO10/c1-3-5-7-9-11-13-15-17-19-21-22-23-24-25-26-27-29-30-32-34-36-38-40-42-47(58)50(60)46(45-65-55-53(63)52(62)51(61)49(44-57)66-55)56-54(64)48(59)43-41-39-37-35-33-31-28-20-18-16-14-12-10-8-6-4-2/h46-53,55,57-63H,3-45H2,1-2H3,(H,56,64). The zero-order valence-corrected chi connectivity index (χ0v) is 43.0. The van der Waals surface area contributed by atoms with Crippen LogP contribution in [0.3, 0.4) is 0 Å². The van der Waals surface area contributed by atoms with Crippen molar-refractivity contribution < 1.29 is 50.0 Å². The molecule has 1 rings (SSSR count). The molecule has 0 aliphatic carbocycles. The van der Waals surface area contributed by atoms with Gasteiger partial charge in [0.15, 0.2) is 6.29 Å². The Morgan fingerprint density at radius 2 is 0.788 bits per heavy atom. The van der Waals surface area contributed by atoms with Crippen molar-refractivity contribution in [3.63, 3.8) is 0 Å². The van der Waals surface area contributed by atoms with Crippen molar-refractivity contribution in [2.75, 3.05) is 13.2 Å². The van der Waals surface area contributed by atoms with Crippen LogP contribution in [0.2, 0.25) is 0 Å². The van der Waals surface area contributed by atoms with Gasteiger partial charge in [-0.25, -0.2) is 0 Å². The summed E-state index contributed by atoms with van der Waals surface area (Å²) in [5.74, 6) is -0.691. The van der Waals surface area contributed by atoms with E-state index in [0.717, 1.165) is 38.5 Å². The summed E-state index contributed by atoms with van der Waals surface area (Å²) in [6, 6.07) is -1.16. The monoisotopic (exact) mass is 944 g/mol. The van der Waals surface area contributed by atoms with E-state index in [1.807, 2.05) is 0 Å². The fourth-order valence-corrected chi connectivity index (χ4v) is 9.50. The van der Waals surface area contributed by atoms with E-state index in [1.165, 1.54) is 199 Å². The maximum atomic E-state index is 13.2. The summed E-state index contributed by atoms with van der Waals surface area (Å²) in [4.78, 5) is 13.2. The van der Waals surface area contributed by atoms with Gasteiger partial charge in [0.05, 0.1) is 25.4 Å². The first-order valence-electron chi connectivity index (χ1n) is 28.4. The topological polar surface area (TPSA) is 189 Å². The van der Waals surface area contributed by atoms with Gasteiger partial charge in [-0.05, 0) is 12.8 Å². The lowest BCUT2D eigenvalue weighted by molar-refractivity contribution is -0.303. The molecule has 0 bridgehead atoms. The van der Waals surface area contributed by atoms with Crippen LogP contribution >= 0.6 is 0 Å². The minimum Gasteiger partial charge on any atom is -0.394 e. The highest BCUT2D eigenvalue weighted by atomic mass is 16.7. The number of rotatable bonds is 49. The minimum atomic E-state index is -1.66. The molecule has 1 heterocycles. The van der Waals surface area contributed by atoms with Crippen molar-refractivity contribution in [2.45, 2.75) is 332 Å². The molecule has 11 heteroatoms. The molecule has 1 fully saturated rings. The lowest BCUT2D eigenvalue weighted by Gasteiger charge is -2.40. The van der Waals surface area contributed by atoms with Gasteiger partial charge in [0.2, 0.25) is 5.91 Å².